The molecule has 0 aliphatic rings. The quantitative estimate of drug-likeness (QED) is 0.513. The van der Waals surface area contributed by atoms with E-state index in [4.69, 9.17) is 10.2 Å². The van der Waals surface area contributed by atoms with Crippen LogP contribution in [0, 0.1) is 6.92 Å². The maximum atomic E-state index is 10.6. The lowest BCUT2D eigenvalue weighted by molar-refractivity contribution is 0.0691. The minimum Gasteiger partial charge on any atom is -0.506 e. The van der Waals surface area contributed by atoms with Gasteiger partial charge in [0.05, 0.1) is 5.70 Å². The molecule has 0 aliphatic carbocycles. The van der Waals surface area contributed by atoms with Crippen molar-refractivity contribution in [2.24, 2.45) is 4.99 Å². The van der Waals surface area contributed by atoms with E-state index in [-0.39, 0.29) is 0 Å². The summed E-state index contributed by atoms with van der Waals surface area (Å²) in [5.41, 5.74) is 0.558. The molecule has 1 aromatic carbocycles. The van der Waals surface area contributed by atoms with Crippen LogP contribution in [0.25, 0.3) is 0 Å². The van der Waals surface area contributed by atoms with E-state index in [1.807, 2.05) is 58.1 Å². The molecule has 0 saturated heterocycles. The standard InChI is InChI=1S/C9H13N.C9H8O5.C2H6/c1-4-6-8-9(10-3)7-5-2;1-4-2-5(8(11)12)7(10)6(3-4)9(13)14;1-2/h4-8H,3H2,1-2H3;2-3,10H,1H3,(H,11,12)(H,13,14);1-2H3/b6-4-,7-5-,9-8+;;. The molecule has 0 saturated carbocycles. The molecule has 0 aliphatic heterocycles. The Kier molecular flexibility index (Phi) is 13.7. The molecule has 0 spiro atoms. The Morgan fingerprint density at radius 3 is 1.81 bits per heavy atom. The number of hydrogen-bond donors (Lipinski definition) is 3. The first-order valence-electron chi connectivity index (χ1n) is 8.01. The Morgan fingerprint density at radius 1 is 1.04 bits per heavy atom. The average molecular weight is 361 g/mol. The van der Waals surface area contributed by atoms with Gasteiger partial charge in [-0.05, 0) is 57.3 Å². The van der Waals surface area contributed by atoms with Crippen LogP contribution < -0.4 is 0 Å². The zero-order valence-corrected chi connectivity index (χ0v) is 15.9. The van der Waals surface area contributed by atoms with Crippen molar-refractivity contribution in [3.8, 4) is 5.75 Å². The number of aliphatic imine (C=N–C) groups is 1. The largest absolute Gasteiger partial charge is 0.506 e. The highest BCUT2D eigenvalue weighted by atomic mass is 16.4. The van der Waals surface area contributed by atoms with E-state index in [0.717, 1.165) is 5.70 Å². The van der Waals surface area contributed by atoms with E-state index in [1.54, 1.807) is 6.92 Å². The number of rotatable bonds is 5. The van der Waals surface area contributed by atoms with Gasteiger partial charge in [-0.3, -0.25) is 4.99 Å². The molecular weight excluding hydrogens is 334 g/mol. The van der Waals surface area contributed by atoms with Gasteiger partial charge in [-0.2, -0.15) is 0 Å². The Morgan fingerprint density at radius 2 is 1.50 bits per heavy atom. The van der Waals surface area contributed by atoms with Crippen molar-refractivity contribution in [1.82, 2.24) is 0 Å². The number of carboxylic acids is 2. The van der Waals surface area contributed by atoms with Gasteiger partial charge < -0.3 is 15.3 Å². The van der Waals surface area contributed by atoms with Crippen LogP contribution in [0.5, 0.6) is 5.75 Å². The van der Waals surface area contributed by atoms with Crippen molar-refractivity contribution in [1.29, 1.82) is 0 Å². The number of nitrogens with zero attached hydrogens (tertiary/aromatic N) is 1. The van der Waals surface area contributed by atoms with Crippen molar-refractivity contribution in [3.05, 3.63) is 64.9 Å². The third-order valence-electron chi connectivity index (χ3n) is 2.69. The molecule has 6 heteroatoms. The molecular formula is C20H27NO5. The summed E-state index contributed by atoms with van der Waals surface area (Å²) in [5, 5.41) is 26.6. The lowest BCUT2D eigenvalue weighted by Gasteiger charge is -2.04. The second-order valence-corrected chi connectivity index (χ2v) is 4.59. The normalized spacial score (nSPS) is 10.6. The molecule has 1 aromatic rings. The minimum absolute atomic E-state index is 0.401. The first-order chi connectivity index (χ1) is 12.3. The summed E-state index contributed by atoms with van der Waals surface area (Å²) >= 11 is 0. The van der Waals surface area contributed by atoms with Crippen molar-refractivity contribution in [2.75, 3.05) is 0 Å². The molecule has 26 heavy (non-hydrogen) atoms. The number of aromatic hydroxyl groups is 1. The van der Waals surface area contributed by atoms with E-state index in [9.17, 15) is 14.7 Å². The van der Waals surface area contributed by atoms with E-state index in [2.05, 4.69) is 11.7 Å². The average Bonchev–Trinajstić information content (AvgIpc) is 2.62. The zero-order valence-electron chi connectivity index (χ0n) is 15.9. The molecule has 142 valence electrons. The minimum atomic E-state index is -1.35. The lowest BCUT2D eigenvalue weighted by atomic mass is 10.0. The predicted molar refractivity (Wildman–Crippen MR) is 105 cm³/mol. The van der Waals surface area contributed by atoms with Gasteiger partial charge in [0.15, 0.2) is 0 Å². The fraction of sp³-hybridized carbons (Fsp3) is 0.250. The van der Waals surface area contributed by atoms with E-state index < -0.39 is 28.8 Å². The van der Waals surface area contributed by atoms with Gasteiger partial charge in [-0.15, -0.1) is 0 Å². The molecule has 0 atom stereocenters. The monoisotopic (exact) mass is 361 g/mol. The lowest BCUT2D eigenvalue weighted by Crippen LogP contribution is -2.04. The Hall–Kier alpha value is -3.15. The second kappa shape index (κ2) is 14.2. The summed E-state index contributed by atoms with van der Waals surface area (Å²) in [6, 6.07) is 2.42. The molecule has 1 rings (SSSR count). The Labute approximate surface area is 154 Å². The van der Waals surface area contributed by atoms with E-state index >= 15 is 0 Å². The van der Waals surface area contributed by atoms with Gasteiger partial charge in [0.2, 0.25) is 0 Å². The fourth-order valence-corrected chi connectivity index (χ4v) is 1.63. The molecule has 0 radical (unpaired) electrons. The van der Waals surface area contributed by atoms with Gasteiger partial charge in [-0.1, -0.05) is 32.1 Å². The van der Waals surface area contributed by atoms with Crippen LogP contribution >= 0.6 is 0 Å². The number of phenols is 1. The third kappa shape index (κ3) is 9.22. The van der Waals surface area contributed by atoms with Crippen LogP contribution in [0.15, 0.2) is 53.2 Å². The molecule has 0 amide bonds. The summed E-state index contributed by atoms with van der Waals surface area (Å²) in [6.45, 7) is 12.9. The van der Waals surface area contributed by atoms with Gasteiger partial charge in [-0.25, -0.2) is 9.59 Å². The summed E-state index contributed by atoms with van der Waals surface area (Å²) in [6.07, 6.45) is 9.64. The van der Waals surface area contributed by atoms with Crippen molar-refractivity contribution in [2.45, 2.75) is 34.6 Å². The number of aryl methyl sites for hydroxylation is 1. The SMILES string of the molecule is C=NC(/C=C\C)=C/C=C\C.CC.Cc1cc(C(=O)O)c(O)c(C(=O)O)c1. The molecule has 6 nitrogen and oxygen atoms in total. The van der Waals surface area contributed by atoms with Crippen LogP contribution in [0.3, 0.4) is 0 Å². The summed E-state index contributed by atoms with van der Waals surface area (Å²) in [4.78, 5) is 25.0. The number of carbonyl (C=O) groups is 2. The van der Waals surface area contributed by atoms with Crippen molar-refractivity contribution < 1.29 is 24.9 Å². The molecule has 0 heterocycles. The maximum absolute atomic E-state index is 10.6. The Bertz CT molecular complexity index is 665. The van der Waals surface area contributed by atoms with Crippen LogP contribution in [-0.4, -0.2) is 34.0 Å². The van der Waals surface area contributed by atoms with Gasteiger partial charge in [0, 0.05) is 0 Å². The van der Waals surface area contributed by atoms with E-state index in [1.165, 1.54) is 12.1 Å². The molecule has 0 unspecified atom stereocenters. The van der Waals surface area contributed by atoms with Crippen LogP contribution in [0.4, 0.5) is 0 Å². The highest BCUT2D eigenvalue weighted by Crippen LogP contribution is 2.24. The summed E-state index contributed by atoms with van der Waals surface area (Å²) in [5.74, 6) is -3.42. The molecule has 0 aromatic heterocycles. The van der Waals surface area contributed by atoms with Crippen LogP contribution in [0.2, 0.25) is 0 Å². The fourth-order valence-electron chi connectivity index (χ4n) is 1.63. The molecule has 0 bridgehead atoms. The zero-order chi connectivity index (χ0) is 20.7. The maximum Gasteiger partial charge on any atom is 0.339 e. The Balaban J connectivity index is 0. The van der Waals surface area contributed by atoms with Gasteiger partial charge in [0.25, 0.3) is 0 Å². The topological polar surface area (TPSA) is 107 Å². The van der Waals surface area contributed by atoms with Crippen LogP contribution in [0.1, 0.15) is 54.0 Å². The molecule has 0 fully saturated rings. The highest BCUT2D eigenvalue weighted by molar-refractivity contribution is 5.98. The number of hydrogen-bond acceptors (Lipinski definition) is 4. The first kappa shape index (κ1) is 25.1. The van der Waals surface area contributed by atoms with Gasteiger partial charge >= 0.3 is 11.9 Å². The number of allylic oxidation sites excluding steroid dienone is 5. The van der Waals surface area contributed by atoms with Crippen LogP contribution in [-0.2, 0) is 0 Å². The highest BCUT2D eigenvalue weighted by Gasteiger charge is 2.18. The number of carboxylic acid groups (broad SMARTS) is 2. The van der Waals surface area contributed by atoms with Crippen molar-refractivity contribution >= 4 is 18.7 Å². The second-order valence-electron chi connectivity index (χ2n) is 4.59. The number of benzene rings is 1. The first-order valence-corrected chi connectivity index (χ1v) is 8.01. The smallest absolute Gasteiger partial charge is 0.339 e. The molecule has 3 N–H and O–H groups in total. The third-order valence-corrected chi connectivity index (χ3v) is 2.69. The number of aromatic carboxylic acids is 2. The van der Waals surface area contributed by atoms with Crippen molar-refractivity contribution in [3.63, 3.8) is 0 Å². The summed E-state index contributed by atoms with van der Waals surface area (Å²) < 4.78 is 0. The van der Waals surface area contributed by atoms with E-state index in [0.29, 0.717) is 5.56 Å². The predicted octanol–water partition coefficient (Wildman–Crippen LogP) is 4.85. The van der Waals surface area contributed by atoms with Gasteiger partial charge in [0.1, 0.15) is 16.9 Å². The summed E-state index contributed by atoms with van der Waals surface area (Å²) in [7, 11) is 0.